The summed E-state index contributed by atoms with van der Waals surface area (Å²) in [5.74, 6) is 0. The van der Waals surface area contributed by atoms with Gasteiger partial charge in [0.15, 0.2) is 0 Å². The Balaban J connectivity index is 1.55. The van der Waals surface area contributed by atoms with Crippen LogP contribution in [0.15, 0.2) is 36.7 Å². The summed E-state index contributed by atoms with van der Waals surface area (Å²) in [6.07, 6.45) is 4.85. The highest BCUT2D eigenvalue weighted by atomic mass is 35.5. The number of aromatic nitrogens is 3. The minimum Gasteiger partial charge on any atom is -0.385 e. The standard InChI is InChI=1S/C15H19ClN4O/c16-14-3-1-13(2-4-14)15(21)5-9-19(10-6-15)11-12-20-17-7-8-18-20/h1-4,7-8,21H,5-6,9-12H2. The third-order valence-corrected chi connectivity index (χ3v) is 4.40. The van der Waals surface area contributed by atoms with Crippen LogP contribution in [0.1, 0.15) is 18.4 Å². The summed E-state index contributed by atoms with van der Waals surface area (Å²) >= 11 is 5.91. The fourth-order valence-corrected chi connectivity index (χ4v) is 2.91. The molecule has 1 aromatic heterocycles. The highest BCUT2D eigenvalue weighted by molar-refractivity contribution is 6.30. The minimum absolute atomic E-state index is 0.700. The molecule has 1 aliphatic heterocycles. The van der Waals surface area contributed by atoms with Gasteiger partial charge in [-0.05, 0) is 30.5 Å². The average molecular weight is 307 g/mol. The van der Waals surface area contributed by atoms with E-state index >= 15 is 0 Å². The molecule has 0 unspecified atom stereocenters. The lowest BCUT2D eigenvalue weighted by Crippen LogP contribution is -2.43. The first-order valence-electron chi connectivity index (χ1n) is 7.21. The summed E-state index contributed by atoms with van der Waals surface area (Å²) in [7, 11) is 0. The maximum atomic E-state index is 10.8. The zero-order chi connectivity index (χ0) is 14.7. The van der Waals surface area contributed by atoms with E-state index in [2.05, 4.69) is 15.1 Å². The van der Waals surface area contributed by atoms with E-state index in [4.69, 9.17) is 11.6 Å². The highest BCUT2D eigenvalue weighted by Crippen LogP contribution is 2.33. The van der Waals surface area contributed by atoms with Crippen LogP contribution in [0.25, 0.3) is 0 Å². The van der Waals surface area contributed by atoms with Gasteiger partial charge in [0.1, 0.15) is 0 Å². The van der Waals surface area contributed by atoms with E-state index in [-0.39, 0.29) is 0 Å². The van der Waals surface area contributed by atoms with Crippen molar-refractivity contribution in [2.75, 3.05) is 19.6 Å². The smallest absolute Gasteiger partial charge is 0.0920 e. The van der Waals surface area contributed by atoms with Crippen LogP contribution in [0, 0.1) is 0 Å². The Morgan fingerprint density at radius 1 is 1.05 bits per heavy atom. The van der Waals surface area contributed by atoms with Crippen molar-refractivity contribution in [2.24, 2.45) is 0 Å². The number of halogens is 1. The maximum absolute atomic E-state index is 10.8. The lowest BCUT2D eigenvalue weighted by atomic mass is 9.84. The van der Waals surface area contributed by atoms with Crippen LogP contribution in [0.2, 0.25) is 5.02 Å². The van der Waals surface area contributed by atoms with Gasteiger partial charge in [0.25, 0.3) is 0 Å². The molecular weight excluding hydrogens is 288 g/mol. The van der Waals surface area contributed by atoms with Gasteiger partial charge in [-0.1, -0.05) is 23.7 Å². The molecule has 0 amide bonds. The highest BCUT2D eigenvalue weighted by Gasteiger charge is 2.33. The van der Waals surface area contributed by atoms with Crippen LogP contribution >= 0.6 is 11.6 Å². The molecule has 1 N–H and O–H groups in total. The summed E-state index contributed by atoms with van der Waals surface area (Å²) in [5.41, 5.74) is 0.227. The van der Waals surface area contributed by atoms with Gasteiger partial charge in [-0.3, -0.25) is 0 Å². The number of likely N-dealkylation sites (tertiary alicyclic amines) is 1. The molecule has 1 aliphatic rings. The second-order valence-electron chi connectivity index (χ2n) is 5.51. The molecule has 112 valence electrons. The molecule has 0 radical (unpaired) electrons. The van der Waals surface area contributed by atoms with Crippen LogP contribution in [-0.2, 0) is 12.1 Å². The summed E-state index contributed by atoms with van der Waals surface area (Å²) in [4.78, 5) is 4.04. The van der Waals surface area contributed by atoms with E-state index in [0.29, 0.717) is 5.02 Å². The molecule has 5 nitrogen and oxygen atoms in total. The molecule has 6 heteroatoms. The summed E-state index contributed by atoms with van der Waals surface area (Å²) in [6.45, 7) is 3.44. The number of benzene rings is 1. The molecule has 1 fully saturated rings. The number of aliphatic hydroxyl groups is 1. The van der Waals surface area contributed by atoms with Crippen LogP contribution < -0.4 is 0 Å². The van der Waals surface area contributed by atoms with Gasteiger partial charge in [-0.25, -0.2) is 0 Å². The predicted octanol–water partition coefficient (Wildman–Crippen LogP) is 1.92. The minimum atomic E-state index is -0.731. The number of hydrogen-bond donors (Lipinski definition) is 1. The monoisotopic (exact) mass is 306 g/mol. The van der Waals surface area contributed by atoms with Gasteiger partial charge in [-0.2, -0.15) is 15.0 Å². The van der Waals surface area contributed by atoms with Crippen molar-refractivity contribution >= 4 is 11.6 Å². The summed E-state index contributed by atoms with van der Waals surface area (Å²) in [6, 6.07) is 7.52. The number of rotatable bonds is 4. The van der Waals surface area contributed by atoms with Crippen LogP contribution in [-0.4, -0.2) is 44.6 Å². The molecular formula is C15H19ClN4O. The largest absolute Gasteiger partial charge is 0.385 e. The SMILES string of the molecule is OC1(c2ccc(Cl)cc2)CCN(CCn2nccn2)CC1. The van der Waals surface area contributed by atoms with Gasteiger partial charge < -0.3 is 10.0 Å². The second-order valence-corrected chi connectivity index (χ2v) is 5.94. The van der Waals surface area contributed by atoms with E-state index in [1.165, 1.54) is 0 Å². The zero-order valence-corrected chi connectivity index (χ0v) is 12.6. The molecule has 0 bridgehead atoms. The first-order chi connectivity index (χ1) is 10.2. The fourth-order valence-electron chi connectivity index (χ4n) is 2.79. The Bertz CT molecular complexity index is 562. The normalized spacial score (nSPS) is 18.8. The molecule has 1 saturated heterocycles. The topological polar surface area (TPSA) is 54.2 Å². The van der Waals surface area contributed by atoms with Crippen LogP contribution in [0.3, 0.4) is 0 Å². The lowest BCUT2D eigenvalue weighted by molar-refractivity contribution is -0.0267. The third kappa shape index (κ3) is 3.43. The Morgan fingerprint density at radius 3 is 2.29 bits per heavy atom. The molecule has 2 aromatic rings. The van der Waals surface area contributed by atoms with Crippen molar-refractivity contribution in [1.29, 1.82) is 0 Å². The quantitative estimate of drug-likeness (QED) is 0.937. The Kier molecular flexibility index (Phi) is 4.24. The number of hydrogen-bond acceptors (Lipinski definition) is 4. The van der Waals surface area contributed by atoms with Crippen LogP contribution in [0.4, 0.5) is 0 Å². The number of nitrogens with zero attached hydrogens (tertiary/aromatic N) is 4. The maximum Gasteiger partial charge on any atom is 0.0920 e. The third-order valence-electron chi connectivity index (χ3n) is 4.15. The van der Waals surface area contributed by atoms with Crippen molar-refractivity contribution < 1.29 is 5.11 Å². The molecule has 0 aliphatic carbocycles. The zero-order valence-electron chi connectivity index (χ0n) is 11.8. The van der Waals surface area contributed by atoms with E-state index < -0.39 is 5.60 Å². The second kappa shape index (κ2) is 6.13. The van der Waals surface area contributed by atoms with Gasteiger partial charge in [0, 0.05) is 24.7 Å². The van der Waals surface area contributed by atoms with E-state index in [1.54, 1.807) is 17.2 Å². The Hall–Kier alpha value is -1.43. The van der Waals surface area contributed by atoms with E-state index in [9.17, 15) is 5.11 Å². The van der Waals surface area contributed by atoms with Gasteiger partial charge in [0.05, 0.1) is 24.5 Å². The predicted molar refractivity (Wildman–Crippen MR) is 81.0 cm³/mol. The van der Waals surface area contributed by atoms with Crippen LogP contribution in [0.5, 0.6) is 0 Å². The molecule has 1 aromatic carbocycles. The molecule has 0 spiro atoms. The van der Waals surface area contributed by atoms with Gasteiger partial charge >= 0.3 is 0 Å². The molecule has 0 saturated carbocycles. The fraction of sp³-hybridized carbons (Fsp3) is 0.467. The van der Waals surface area contributed by atoms with Gasteiger partial charge in [0.2, 0.25) is 0 Å². The van der Waals surface area contributed by atoms with Crippen molar-refractivity contribution in [3.05, 3.63) is 47.2 Å². The van der Waals surface area contributed by atoms with Crippen molar-refractivity contribution in [3.63, 3.8) is 0 Å². The molecule has 2 heterocycles. The van der Waals surface area contributed by atoms with Crippen molar-refractivity contribution in [2.45, 2.75) is 25.0 Å². The molecule has 0 atom stereocenters. The molecule has 3 rings (SSSR count). The molecule has 21 heavy (non-hydrogen) atoms. The first-order valence-corrected chi connectivity index (χ1v) is 7.58. The first kappa shape index (κ1) is 14.5. The Labute approximate surface area is 129 Å². The summed E-state index contributed by atoms with van der Waals surface area (Å²) in [5, 5.41) is 19.7. The summed E-state index contributed by atoms with van der Waals surface area (Å²) < 4.78 is 0. The van der Waals surface area contributed by atoms with Gasteiger partial charge in [-0.15, -0.1) is 0 Å². The number of piperidine rings is 1. The van der Waals surface area contributed by atoms with Crippen molar-refractivity contribution in [1.82, 2.24) is 19.9 Å². The van der Waals surface area contributed by atoms with E-state index in [1.807, 2.05) is 24.3 Å². The lowest BCUT2D eigenvalue weighted by Gasteiger charge is -2.38. The van der Waals surface area contributed by atoms with Crippen molar-refractivity contribution in [3.8, 4) is 0 Å². The average Bonchev–Trinajstić information content (AvgIpc) is 3.01. The van der Waals surface area contributed by atoms with E-state index in [0.717, 1.165) is 44.6 Å². The Morgan fingerprint density at radius 2 is 1.67 bits per heavy atom.